The van der Waals surface area contributed by atoms with Crippen LogP contribution in [0.2, 0.25) is 10.0 Å². The monoisotopic (exact) mass is 349 g/mol. The van der Waals surface area contributed by atoms with Crippen LogP contribution in [0.25, 0.3) is 22.6 Å². The highest BCUT2D eigenvalue weighted by Crippen LogP contribution is 2.33. The average molecular weight is 350 g/mol. The summed E-state index contributed by atoms with van der Waals surface area (Å²) < 4.78 is 15.9. The fourth-order valence-electron chi connectivity index (χ4n) is 2.46. The van der Waals surface area contributed by atoms with Crippen molar-refractivity contribution >= 4 is 23.2 Å². The maximum atomic E-state index is 13.9. The van der Waals surface area contributed by atoms with Crippen LogP contribution in [0.15, 0.2) is 42.9 Å². The lowest BCUT2D eigenvalue weighted by Gasteiger charge is -2.10. The predicted octanol–water partition coefficient (Wildman–Crippen LogP) is 5.47. The number of hydrogen-bond acceptors (Lipinski definition) is 2. The third-order valence-electron chi connectivity index (χ3n) is 3.46. The summed E-state index contributed by atoms with van der Waals surface area (Å²) in [6.07, 6.45) is 4.30. The van der Waals surface area contributed by atoms with Crippen LogP contribution in [-0.2, 0) is 6.54 Å². The van der Waals surface area contributed by atoms with Crippen LogP contribution in [0.4, 0.5) is 4.39 Å². The molecule has 0 bridgehead atoms. The van der Waals surface area contributed by atoms with Gasteiger partial charge in [-0.25, -0.2) is 9.37 Å². The van der Waals surface area contributed by atoms with Crippen molar-refractivity contribution in [2.24, 2.45) is 0 Å². The molecule has 0 saturated carbocycles. The first-order chi connectivity index (χ1) is 11.1. The number of rotatable bonds is 4. The summed E-state index contributed by atoms with van der Waals surface area (Å²) in [5, 5.41) is 0.672. The molecule has 3 rings (SSSR count). The molecular weight excluding hydrogens is 336 g/mol. The molecule has 6 heteroatoms. The lowest BCUT2D eigenvalue weighted by molar-refractivity contribution is 0.628. The van der Waals surface area contributed by atoms with Gasteiger partial charge in [0.15, 0.2) is 0 Å². The molecular formula is C17H14Cl2FN3. The molecule has 0 spiro atoms. The molecule has 0 saturated heterocycles. The van der Waals surface area contributed by atoms with E-state index in [1.807, 2.05) is 4.57 Å². The lowest BCUT2D eigenvalue weighted by Crippen LogP contribution is -1.99. The van der Waals surface area contributed by atoms with Crippen LogP contribution in [-0.4, -0.2) is 14.5 Å². The lowest BCUT2D eigenvalue weighted by atomic mass is 10.1. The maximum Gasteiger partial charge on any atom is 0.142 e. The van der Waals surface area contributed by atoms with Gasteiger partial charge in [0.25, 0.3) is 0 Å². The van der Waals surface area contributed by atoms with Gasteiger partial charge in [0.1, 0.15) is 11.5 Å². The number of nitrogens with zero attached hydrogens (tertiary/aromatic N) is 3. The first-order valence-electron chi connectivity index (χ1n) is 7.22. The van der Waals surface area contributed by atoms with E-state index in [4.69, 9.17) is 23.2 Å². The SMILES string of the molecule is CCCn1cnc(-c2cc(Cl)ccn2)c1-c1ccc(Cl)c(F)c1. The van der Waals surface area contributed by atoms with Gasteiger partial charge in [-0.2, -0.15) is 0 Å². The van der Waals surface area contributed by atoms with Gasteiger partial charge in [-0.15, -0.1) is 0 Å². The van der Waals surface area contributed by atoms with Crippen LogP contribution in [0.3, 0.4) is 0 Å². The van der Waals surface area contributed by atoms with E-state index < -0.39 is 5.82 Å². The van der Waals surface area contributed by atoms with Crippen molar-refractivity contribution < 1.29 is 4.39 Å². The Morgan fingerprint density at radius 1 is 1.13 bits per heavy atom. The molecule has 0 atom stereocenters. The van der Waals surface area contributed by atoms with Gasteiger partial charge in [-0.05, 0) is 30.7 Å². The van der Waals surface area contributed by atoms with Gasteiger partial charge in [0.2, 0.25) is 0 Å². The summed E-state index contributed by atoms with van der Waals surface area (Å²) in [4.78, 5) is 8.79. The van der Waals surface area contributed by atoms with Crippen molar-refractivity contribution in [3.8, 4) is 22.6 Å². The molecule has 3 aromatic rings. The Balaban J connectivity index is 2.20. The number of benzene rings is 1. The van der Waals surface area contributed by atoms with E-state index >= 15 is 0 Å². The summed E-state index contributed by atoms with van der Waals surface area (Å²) in [5.41, 5.74) is 2.83. The minimum absolute atomic E-state index is 0.0951. The van der Waals surface area contributed by atoms with Gasteiger partial charge in [0.05, 0.1) is 22.7 Å². The summed E-state index contributed by atoms with van der Waals surface area (Å²) in [7, 11) is 0. The number of imidazole rings is 1. The van der Waals surface area contributed by atoms with Crippen LogP contribution in [0.5, 0.6) is 0 Å². The van der Waals surface area contributed by atoms with E-state index in [0.717, 1.165) is 18.7 Å². The van der Waals surface area contributed by atoms with Crippen molar-refractivity contribution in [3.05, 3.63) is 58.7 Å². The maximum absolute atomic E-state index is 13.9. The second-order valence-corrected chi connectivity index (χ2v) is 5.97. The quantitative estimate of drug-likeness (QED) is 0.625. The minimum atomic E-state index is -0.460. The number of aryl methyl sites for hydroxylation is 1. The third kappa shape index (κ3) is 3.23. The number of aromatic nitrogens is 3. The van der Waals surface area contributed by atoms with Gasteiger partial charge in [-0.1, -0.05) is 36.2 Å². The third-order valence-corrected chi connectivity index (χ3v) is 4.00. The topological polar surface area (TPSA) is 30.7 Å². The van der Waals surface area contributed by atoms with Crippen LogP contribution < -0.4 is 0 Å². The van der Waals surface area contributed by atoms with Crippen molar-refractivity contribution in [1.82, 2.24) is 14.5 Å². The Labute approximate surface area is 143 Å². The van der Waals surface area contributed by atoms with Crippen molar-refractivity contribution in [2.45, 2.75) is 19.9 Å². The van der Waals surface area contributed by atoms with Gasteiger partial charge in [-0.3, -0.25) is 4.98 Å². The van der Waals surface area contributed by atoms with Crippen molar-refractivity contribution in [3.63, 3.8) is 0 Å². The molecule has 0 fully saturated rings. The highest BCUT2D eigenvalue weighted by Gasteiger charge is 2.17. The molecule has 23 heavy (non-hydrogen) atoms. The Kier molecular flexibility index (Phi) is 4.64. The summed E-state index contributed by atoms with van der Waals surface area (Å²) in [5.74, 6) is -0.460. The summed E-state index contributed by atoms with van der Waals surface area (Å²) >= 11 is 11.8. The molecule has 0 N–H and O–H groups in total. The fraction of sp³-hybridized carbons (Fsp3) is 0.176. The largest absolute Gasteiger partial charge is 0.330 e. The highest BCUT2D eigenvalue weighted by molar-refractivity contribution is 6.31. The Morgan fingerprint density at radius 2 is 1.96 bits per heavy atom. The molecule has 0 aliphatic heterocycles. The molecule has 2 heterocycles. The van der Waals surface area contributed by atoms with Crippen molar-refractivity contribution in [2.75, 3.05) is 0 Å². The molecule has 2 aromatic heterocycles. The highest BCUT2D eigenvalue weighted by atomic mass is 35.5. The second-order valence-electron chi connectivity index (χ2n) is 5.12. The molecule has 118 valence electrons. The van der Waals surface area contributed by atoms with Crippen LogP contribution in [0.1, 0.15) is 13.3 Å². The van der Waals surface area contributed by atoms with E-state index in [-0.39, 0.29) is 5.02 Å². The first kappa shape index (κ1) is 16.0. The molecule has 0 amide bonds. The van der Waals surface area contributed by atoms with E-state index in [9.17, 15) is 4.39 Å². The average Bonchev–Trinajstić information content (AvgIpc) is 2.94. The first-order valence-corrected chi connectivity index (χ1v) is 7.98. The van der Waals surface area contributed by atoms with E-state index in [0.29, 0.717) is 22.0 Å². The van der Waals surface area contributed by atoms with Gasteiger partial charge in [0, 0.05) is 23.3 Å². The molecule has 0 aliphatic rings. The molecule has 1 aromatic carbocycles. The van der Waals surface area contributed by atoms with E-state index in [2.05, 4.69) is 16.9 Å². The minimum Gasteiger partial charge on any atom is -0.330 e. The van der Waals surface area contributed by atoms with Crippen LogP contribution in [0, 0.1) is 5.82 Å². The standard InChI is InChI=1S/C17H14Cl2FN3/c1-2-7-23-10-22-16(15-9-12(18)5-6-21-15)17(23)11-3-4-13(19)14(20)8-11/h3-6,8-10H,2,7H2,1H3. The zero-order valence-corrected chi connectivity index (χ0v) is 13.9. The molecule has 0 unspecified atom stereocenters. The molecule has 0 aliphatic carbocycles. The smallest absolute Gasteiger partial charge is 0.142 e. The Bertz CT molecular complexity index is 846. The fourth-order valence-corrected chi connectivity index (χ4v) is 2.74. The second kappa shape index (κ2) is 6.69. The summed E-state index contributed by atoms with van der Waals surface area (Å²) in [6.45, 7) is 2.84. The van der Waals surface area contributed by atoms with Crippen LogP contribution >= 0.6 is 23.2 Å². The Morgan fingerprint density at radius 3 is 2.65 bits per heavy atom. The zero-order chi connectivity index (χ0) is 16.4. The van der Waals surface area contributed by atoms with Gasteiger partial charge < -0.3 is 4.57 Å². The number of pyridine rings is 1. The number of hydrogen-bond donors (Lipinski definition) is 0. The van der Waals surface area contributed by atoms with E-state index in [1.54, 1.807) is 36.8 Å². The van der Waals surface area contributed by atoms with Crippen molar-refractivity contribution in [1.29, 1.82) is 0 Å². The molecule has 3 nitrogen and oxygen atoms in total. The van der Waals surface area contributed by atoms with Gasteiger partial charge >= 0.3 is 0 Å². The summed E-state index contributed by atoms with van der Waals surface area (Å²) in [6, 6.07) is 8.19. The Hall–Kier alpha value is -1.91. The predicted molar refractivity (Wildman–Crippen MR) is 91.2 cm³/mol. The normalized spacial score (nSPS) is 11.0. The zero-order valence-electron chi connectivity index (χ0n) is 12.4. The number of halogens is 3. The van der Waals surface area contributed by atoms with E-state index in [1.165, 1.54) is 6.07 Å². The molecule has 0 radical (unpaired) electrons.